The molecular formula is C30H25N7O3S. The monoisotopic (exact) mass is 563 g/mol. The maximum Gasteiger partial charge on any atom is 0.252 e. The molecule has 2 heterocycles. The zero-order valence-corrected chi connectivity index (χ0v) is 23.0. The van der Waals surface area contributed by atoms with Crippen LogP contribution in [-0.2, 0) is 5.75 Å². The standard InChI is InChI=1S/C30H25N7O3S/c1-18-12-14-21(15-13-18)36-29(40-26-16-24(28(31)39)27(38)23-11-7-6-10-22(23)26)25(19(2)33-36)17-41-30-32-34-35-37(30)20-8-4-3-5-9-20/h3-16,38H,17H2,1-2H3,(H2,31,39). The van der Waals surface area contributed by atoms with Crippen molar-refractivity contribution in [3.05, 3.63) is 107 Å². The lowest BCUT2D eigenvalue weighted by Gasteiger charge is -2.15. The van der Waals surface area contributed by atoms with Gasteiger partial charge in [-0.25, -0.2) is 4.68 Å². The summed E-state index contributed by atoms with van der Waals surface area (Å²) in [5, 5.41) is 29.5. The Morgan fingerprint density at radius 1 is 0.927 bits per heavy atom. The van der Waals surface area contributed by atoms with Crippen molar-refractivity contribution in [1.29, 1.82) is 0 Å². The molecule has 0 aliphatic carbocycles. The van der Waals surface area contributed by atoms with E-state index in [1.54, 1.807) is 21.5 Å². The summed E-state index contributed by atoms with van der Waals surface area (Å²) in [6.45, 7) is 3.93. The summed E-state index contributed by atoms with van der Waals surface area (Å²) >= 11 is 1.45. The predicted octanol–water partition coefficient (Wildman–Crippen LogP) is 5.51. The first-order valence-electron chi connectivity index (χ1n) is 12.7. The molecular weight excluding hydrogens is 538 g/mol. The minimum Gasteiger partial charge on any atom is -0.506 e. The van der Waals surface area contributed by atoms with E-state index in [2.05, 4.69) is 15.5 Å². The number of phenols is 1. The van der Waals surface area contributed by atoms with Crippen LogP contribution in [-0.4, -0.2) is 41.0 Å². The van der Waals surface area contributed by atoms with Gasteiger partial charge < -0.3 is 15.6 Å². The molecule has 0 aliphatic heterocycles. The van der Waals surface area contributed by atoms with Crippen LogP contribution >= 0.6 is 11.8 Å². The first-order valence-corrected chi connectivity index (χ1v) is 13.7. The van der Waals surface area contributed by atoms with E-state index in [0.717, 1.165) is 28.2 Å². The van der Waals surface area contributed by atoms with E-state index in [4.69, 9.17) is 15.6 Å². The molecule has 6 aromatic rings. The fraction of sp³-hybridized carbons (Fsp3) is 0.100. The molecule has 0 atom stereocenters. The lowest BCUT2D eigenvalue weighted by Crippen LogP contribution is -2.11. The van der Waals surface area contributed by atoms with Crippen molar-refractivity contribution in [2.75, 3.05) is 0 Å². The Hall–Kier alpha value is -5.16. The van der Waals surface area contributed by atoms with Gasteiger partial charge in [0.2, 0.25) is 11.0 Å². The van der Waals surface area contributed by atoms with Crippen molar-refractivity contribution in [3.8, 4) is 28.8 Å². The number of hydrogen-bond acceptors (Lipinski definition) is 8. The molecule has 11 heteroatoms. The molecule has 0 bridgehead atoms. The fourth-order valence-electron chi connectivity index (χ4n) is 4.51. The van der Waals surface area contributed by atoms with Gasteiger partial charge in [0.1, 0.15) is 11.5 Å². The molecule has 4 aromatic carbocycles. The van der Waals surface area contributed by atoms with Gasteiger partial charge in [-0.1, -0.05) is 71.9 Å². The molecule has 0 fully saturated rings. The number of carbonyl (C=O) groups excluding carboxylic acids is 1. The van der Waals surface area contributed by atoms with Gasteiger partial charge in [0.05, 0.1) is 22.6 Å². The number of benzene rings is 4. The summed E-state index contributed by atoms with van der Waals surface area (Å²) in [7, 11) is 0. The second-order valence-corrected chi connectivity index (χ2v) is 10.3. The van der Waals surface area contributed by atoms with Crippen molar-refractivity contribution in [3.63, 3.8) is 0 Å². The molecule has 204 valence electrons. The third kappa shape index (κ3) is 4.98. The van der Waals surface area contributed by atoms with Gasteiger partial charge in [-0.3, -0.25) is 4.79 Å². The van der Waals surface area contributed by atoms with Crippen LogP contribution in [0.5, 0.6) is 17.4 Å². The molecule has 6 rings (SSSR count). The lowest BCUT2D eigenvalue weighted by atomic mass is 10.0. The van der Waals surface area contributed by atoms with Crippen LogP contribution in [0.2, 0.25) is 0 Å². The maximum atomic E-state index is 12.2. The number of carbonyl (C=O) groups is 1. The zero-order valence-electron chi connectivity index (χ0n) is 22.2. The molecule has 41 heavy (non-hydrogen) atoms. The highest BCUT2D eigenvalue weighted by molar-refractivity contribution is 7.98. The average Bonchev–Trinajstić information content (AvgIpc) is 3.58. The van der Waals surface area contributed by atoms with Gasteiger partial charge in [-0.05, 0) is 54.6 Å². The fourth-order valence-corrected chi connectivity index (χ4v) is 5.47. The average molecular weight is 564 g/mol. The van der Waals surface area contributed by atoms with Crippen LogP contribution in [0.15, 0.2) is 90.1 Å². The maximum absolute atomic E-state index is 12.2. The molecule has 0 aliphatic rings. The third-order valence-electron chi connectivity index (χ3n) is 6.65. The number of amides is 1. The second-order valence-electron chi connectivity index (χ2n) is 9.40. The van der Waals surface area contributed by atoms with Crippen LogP contribution in [0.3, 0.4) is 0 Å². The van der Waals surface area contributed by atoms with Crippen molar-refractivity contribution in [2.24, 2.45) is 5.73 Å². The van der Waals surface area contributed by atoms with Crippen LogP contribution in [0.4, 0.5) is 0 Å². The highest BCUT2D eigenvalue weighted by Crippen LogP contribution is 2.41. The molecule has 2 aromatic heterocycles. The summed E-state index contributed by atoms with van der Waals surface area (Å²) in [6.07, 6.45) is 0. The van der Waals surface area contributed by atoms with Crippen molar-refractivity contribution in [1.82, 2.24) is 30.0 Å². The number of aromatic hydroxyl groups is 1. The van der Waals surface area contributed by atoms with Crippen LogP contribution < -0.4 is 10.5 Å². The van der Waals surface area contributed by atoms with Crippen molar-refractivity contribution < 1.29 is 14.6 Å². The SMILES string of the molecule is Cc1ccc(-n2nc(C)c(CSc3nnnn3-c3ccccc3)c2Oc2cc(C(N)=O)c(O)c3ccccc23)cc1. The molecule has 0 radical (unpaired) electrons. The van der Waals surface area contributed by atoms with E-state index < -0.39 is 5.91 Å². The minimum atomic E-state index is -0.759. The van der Waals surface area contributed by atoms with E-state index in [0.29, 0.717) is 33.3 Å². The predicted molar refractivity (Wildman–Crippen MR) is 156 cm³/mol. The Morgan fingerprint density at radius 3 is 2.34 bits per heavy atom. The number of thioether (sulfide) groups is 1. The molecule has 10 nitrogen and oxygen atoms in total. The largest absolute Gasteiger partial charge is 0.506 e. The number of tetrazole rings is 1. The number of nitrogens with two attached hydrogens (primary N) is 1. The Morgan fingerprint density at radius 2 is 1.61 bits per heavy atom. The quantitative estimate of drug-likeness (QED) is 0.232. The third-order valence-corrected chi connectivity index (χ3v) is 7.60. The number of para-hydroxylation sites is 1. The Bertz CT molecular complexity index is 1880. The highest BCUT2D eigenvalue weighted by atomic mass is 32.2. The van der Waals surface area contributed by atoms with E-state index in [9.17, 15) is 9.90 Å². The Kier molecular flexibility index (Phi) is 6.86. The number of fused-ring (bicyclic) bond motifs is 1. The number of ether oxygens (including phenoxy) is 1. The van der Waals surface area contributed by atoms with Crippen LogP contribution in [0.1, 0.15) is 27.2 Å². The van der Waals surface area contributed by atoms with Crippen molar-refractivity contribution >= 4 is 28.4 Å². The number of aryl methyl sites for hydroxylation is 2. The minimum absolute atomic E-state index is 0.0326. The molecule has 1 amide bonds. The second kappa shape index (κ2) is 10.8. The van der Waals surface area contributed by atoms with Gasteiger partial charge in [0.25, 0.3) is 5.91 Å². The number of aromatic nitrogens is 6. The zero-order chi connectivity index (χ0) is 28.5. The van der Waals surface area contributed by atoms with Gasteiger partial charge in [-0.15, -0.1) is 5.10 Å². The summed E-state index contributed by atoms with van der Waals surface area (Å²) < 4.78 is 10.0. The molecule has 0 unspecified atom stereocenters. The molecule has 0 saturated heterocycles. The number of primary amides is 1. The van der Waals surface area contributed by atoms with Crippen molar-refractivity contribution in [2.45, 2.75) is 24.8 Å². The van der Waals surface area contributed by atoms with Gasteiger partial charge in [0, 0.05) is 22.1 Å². The van der Waals surface area contributed by atoms with E-state index in [1.165, 1.54) is 17.8 Å². The molecule has 3 N–H and O–H groups in total. The Balaban J connectivity index is 1.45. The topological polar surface area (TPSA) is 134 Å². The lowest BCUT2D eigenvalue weighted by molar-refractivity contribution is 0.0997. The van der Waals surface area contributed by atoms with E-state index >= 15 is 0 Å². The summed E-state index contributed by atoms with van der Waals surface area (Å²) in [4.78, 5) is 12.2. The normalized spacial score (nSPS) is 11.2. The van der Waals surface area contributed by atoms with Gasteiger partial charge in [0.15, 0.2) is 0 Å². The van der Waals surface area contributed by atoms with Gasteiger partial charge >= 0.3 is 0 Å². The first kappa shape index (κ1) is 26.1. The number of nitrogens with zero attached hydrogens (tertiary/aromatic N) is 6. The summed E-state index contributed by atoms with van der Waals surface area (Å²) in [5.74, 6) is 0.320. The summed E-state index contributed by atoms with van der Waals surface area (Å²) in [6, 6.07) is 26.2. The van der Waals surface area contributed by atoms with E-state index in [1.807, 2.05) is 80.6 Å². The van der Waals surface area contributed by atoms with E-state index in [-0.39, 0.29) is 11.3 Å². The van der Waals surface area contributed by atoms with Gasteiger partial charge in [-0.2, -0.15) is 9.78 Å². The first-order chi connectivity index (χ1) is 19.9. The number of hydrogen-bond donors (Lipinski definition) is 2. The number of rotatable bonds is 8. The van der Waals surface area contributed by atoms with Crippen LogP contribution in [0.25, 0.3) is 22.1 Å². The molecule has 0 saturated carbocycles. The summed E-state index contributed by atoms with van der Waals surface area (Å²) in [5.41, 5.74) is 9.90. The smallest absolute Gasteiger partial charge is 0.252 e. The highest BCUT2D eigenvalue weighted by Gasteiger charge is 2.23. The molecule has 0 spiro atoms. The van der Waals surface area contributed by atoms with Crippen LogP contribution in [0, 0.1) is 13.8 Å². The Labute approximate surface area is 239 Å².